The molecule has 0 aliphatic carbocycles. The minimum absolute atomic E-state index is 0.0323. The van der Waals surface area contributed by atoms with Gasteiger partial charge in [-0.3, -0.25) is 4.79 Å². The SMILES string of the molecule is COc1cccc2c1OC[C@@H](C(=O)N(C)Cc1ccno1)C2. The number of methoxy groups -OCH3 is 1. The number of carbonyl (C=O) groups is 1. The predicted molar refractivity (Wildman–Crippen MR) is 78.7 cm³/mol. The molecule has 0 saturated heterocycles. The van der Waals surface area contributed by atoms with E-state index >= 15 is 0 Å². The van der Waals surface area contributed by atoms with E-state index in [0.29, 0.717) is 31.1 Å². The van der Waals surface area contributed by atoms with E-state index in [9.17, 15) is 4.79 Å². The molecule has 22 heavy (non-hydrogen) atoms. The van der Waals surface area contributed by atoms with Gasteiger partial charge in [0.15, 0.2) is 17.3 Å². The Bertz CT molecular complexity index is 654. The van der Waals surface area contributed by atoms with Gasteiger partial charge in [0.2, 0.25) is 5.91 Å². The lowest BCUT2D eigenvalue weighted by Crippen LogP contribution is -2.38. The first kappa shape index (κ1) is 14.4. The van der Waals surface area contributed by atoms with E-state index in [1.54, 1.807) is 31.3 Å². The fraction of sp³-hybridized carbons (Fsp3) is 0.375. The van der Waals surface area contributed by atoms with Crippen molar-refractivity contribution < 1.29 is 18.8 Å². The highest BCUT2D eigenvalue weighted by molar-refractivity contribution is 5.79. The summed E-state index contributed by atoms with van der Waals surface area (Å²) in [6, 6.07) is 7.48. The molecule has 0 saturated carbocycles. The van der Waals surface area contributed by atoms with Crippen LogP contribution in [0.1, 0.15) is 11.3 Å². The van der Waals surface area contributed by atoms with Crippen molar-refractivity contribution >= 4 is 5.91 Å². The van der Waals surface area contributed by atoms with Gasteiger partial charge in [-0.25, -0.2) is 0 Å². The summed E-state index contributed by atoms with van der Waals surface area (Å²) in [7, 11) is 3.37. The van der Waals surface area contributed by atoms with Gasteiger partial charge < -0.3 is 18.9 Å². The Morgan fingerprint density at radius 3 is 3.05 bits per heavy atom. The summed E-state index contributed by atoms with van der Waals surface area (Å²) in [5.74, 6) is 1.94. The molecule has 0 N–H and O–H groups in total. The number of benzene rings is 1. The van der Waals surface area contributed by atoms with E-state index in [-0.39, 0.29) is 11.8 Å². The zero-order valence-electron chi connectivity index (χ0n) is 12.6. The molecule has 1 aromatic carbocycles. The summed E-state index contributed by atoms with van der Waals surface area (Å²) >= 11 is 0. The fourth-order valence-electron chi connectivity index (χ4n) is 2.66. The van der Waals surface area contributed by atoms with Crippen molar-refractivity contribution in [1.82, 2.24) is 10.1 Å². The third-order valence-corrected chi connectivity index (χ3v) is 3.79. The third kappa shape index (κ3) is 2.77. The Morgan fingerprint density at radius 1 is 1.45 bits per heavy atom. The van der Waals surface area contributed by atoms with Gasteiger partial charge in [-0.2, -0.15) is 0 Å². The molecule has 0 unspecified atom stereocenters. The van der Waals surface area contributed by atoms with E-state index in [1.165, 1.54) is 0 Å². The Morgan fingerprint density at radius 2 is 2.32 bits per heavy atom. The summed E-state index contributed by atoms with van der Waals surface area (Å²) in [4.78, 5) is 14.2. The molecule has 2 aromatic rings. The normalized spacial score (nSPS) is 16.5. The topological polar surface area (TPSA) is 64.8 Å². The van der Waals surface area contributed by atoms with E-state index in [4.69, 9.17) is 14.0 Å². The molecule has 6 nitrogen and oxygen atoms in total. The lowest BCUT2D eigenvalue weighted by molar-refractivity contribution is -0.136. The van der Waals surface area contributed by atoms with E-state index < -0.39 is 0 Å². The Kier molecular flexibility index (Phi) is 4.00. The lowest BCUT2D eigenvalue weighted by Gasteiger charge is -2.28. The Labute approximate surface area is 128 Å². The molecule has 116 valence electrons. The summed E-state index contributed by atoms with van der Waals surface area (Å²) in [6.07, 6.45) is 2.21. The van der Waals surface area contributed by atoms with Crippen molar-refractivity contribution in [3.63, 3.8) is 0 Å². The molecular weight excluding hydrogens is 284 g/mol. The van der Waals surface area contributed by atoms with Crippen molar-refractivity contribution in [1.29, 1.82) is 0 Å². The van der Waals surface area contributed by atoms with Crippen LogP contribution >= 0.6 is 0 Å². The molecule has 1 aliphatic rings. The summed E-state index contributed by atoms with van der Waals surface area (Å²) in [5.41, 5.74) is 0.997. The first-order valence-corrected chi connectivity index (χ1v) is 7.12. The maximum absolute atomic E-state index is 12.5. The van der Waals surface area contributed by atoms with Crippen molar-refractivity contribution in [2.24, 2.45) is 5.92 Å². The number of amides is 1. The second-order valence-corrected chi connectivity index (χ2v) is 5.33. The highest BCUT2D eigenvalue weighted by Gasteiger charge is 2.30. The molecule has 0 spiro atoms. The number of hydrogen-bond acceptors (Lipinski definition) is 5. The van der Waals surface area contributed by atoms with Crippen LogP contribution in [0.3, 0.4) is 0 Å². The zero-order chi connectivity index (χ0) is 15.5. The molecular formula is C16H18N2O4. The van der Waals surface area contributed by atoms with E-state index in [0.717, 1.165) is 11.3 Å². The molecule has 0 bridgehead atoms. The molecule has 3 rings (SSSR count). The summed E-state index contributed by atoms with van der Waals surface area (Å²) in [6.45, 7) is 0.757. The number of carbonyl (C=O) groups excluding carboxylic acids is 1. The third-order valence-electron chi connectivity index (χ3n) is 3.79. The lowest BCUT2D eigenvalue weighted by atomic mass is 9.95. The maximum Gasteiger partial charge on any atom is 0.229 e. The largest absolute Gasteiger partial charge is 0.493 e. The standard InChI is InChI=1S/C16H18N2O4/c1-18(9-13-6-7-17-22-13)16(19)12-8-11-4-3-5-14(20-2)15(11)21-10-12/h3-7,12H,8-10H2,1-2H3/t12-/m0/s1. The average Bonchev–Trinajstić information content (AvgIpc) is 3.05. The van der Waals surface area contributed by atoms with Gasteiger partial charge in [-0.05, 0) is 18.1 Å². The smallest absolute Gasteiger partial charge is 0.229 e. The molecule has 1 atom stereocenters. The molecule has 1 amide bonds. The summed E-state index contributed by atoms with van der Waals surface area (Å²) < 4.78 is 16.1. The molecule has 2 heterocycles. The van der Waals surface area contributed by atoms with Gasteiger partial charge in [0, 0.05) is 13.1 Å². The first-order chi connectivity index (χ1) is 10.7. The summed E-state index contributed by atoms with van der Waals surface area (Å²) in [5, 5.41) is 3.64. The number of rotatable bonds is 4. The first-order valence-electron chi connectivity index (χ1n) is 7.12. The number of hydrogen-bond donors (Lipinski definition) is 0. The molecule has 1 aromatic heterocycles. The van der Waals surface area contributed by atoms with Gasteiger partial charge in [0.05, 0.1) is 25.8 Å². The molecule has 0 fully saturated rings. The van der Waals surface area contributed by atoms with Crippen molar-refractivity contribution in [2.75, 3.05) is 20.8 Å². The second-order valence-electron chi connectivity index (χ2n) is 5.33. The number of aromatic nitrogens is 1. The van der Waals surface area contributed by atoms with Crippen LogP contribution in [0.25, 0.3) is 0 Å². The van der Waals surface area contributed by atoms with Gasteiger partial charge in [-0.1, -0.05) is 17.3 Å². The number of fused-ring (bicyclic) bond motifs is 1. The predicted octanol–water partition coefficient (Wildman–Crippen LogP) is 1.89. The van der Waals surface area contributed by atoms with Gasteiger partial charge in [0.1, 0.15) is 6.61 Å². The van der Waals surface area contributed by atoms with Crippen LogP contribution in [0.15, 0.2) is 35.0 Å². The van der Waals surface area contributed by atoms with Gasteiger partial charge >= 0.3 is 0 Å². The van der Waals surface area contributed by atoms with Crippen LogP contribution in [0.5, 0.6) is 11.5 Å². The highest BCUT2D eigenvalue weighted by Crippen LogP contribution is 2.36. The van der Waals surface area contributed by atoms with Crippen molar-refractivity contribution in [3.05, 3.63) is 41.8 Å². The van der Waals surface area contributed by atoms with E-state index in [2.05, 4.69) is 5.16 Å². The van der Waals surface area contributed by atoms with Crippen LogP contribution in [-0.2, 0) is 17.8 Å². The Hall–Kier alpha value is -2.50. The molecule has 1 aliphatic heterocycles. The molecule has 0 radical (unpaired) electrons. The number of ether oxygens (including phenoxy) is 2. The van der Waals surface area contributed by atoms with Crippen molar-refractivity contribution in [2.45, 2.75) is 13.0 Å². The minimum Gasteiger partial charge on any atom is -0.493 e. The molecule has 6 heteroatoms. The Balaban J connectivity index is 1.70. The quantitative estimate of drug-likeness (QED) is 0.863. The number of nitrogens with zero attached hydrogens (tertiary/aromatic N) is 2. The minimum atomic E-state index is -0.201. The maximum atomic E-state index is 12.5. The second kappa shape index (κ2) is 6.09. The highest BCUT2D eigenvalue weighted by atomic mass is 16.5. The van der Waals surface area contributed by atoms with Crippen LogP contribution in [0, 0.1) is 5.92 Å². The van der Waals surface area contributed by atoms with Gasteiger partial charge in [-0.15, -0.1) is 0 Å². The van der Waals surface area contributed by atoms with Crippen LogP contribution in [0.4, 0.5) is 0 Å². The van der Waals surface area contributed by atoms with Gasteiger partial charge in [0.25, 0.3) is 0 Å². The average molecular weight is 302 g/mol. The van der Waals surface area contributed by atoms with Crippen LogP contribution in [0.2, 0.25) is 0 Å². The monoisotopic (exact) mass is 302 g/mol. The van der Waals surface area contributed by atoms with Crippen molar-refractivity contribution in [3.8, 4) is 11.5 Å². The van der Waals surface area contributed by atoms with Crippen LogP contribution < -0.4 is 9.47 Å². The fourth-order valence-corrected chi connectivity index (χ4v) is 2.66. The number of para-hydroxylation sites is 1. The zero-order valence-corrected chi connectivity index (χ0v) is 12.6. The van der Waals surface area contributed by atoms with Crippen LogP contribution in [-0.4, -0.2) is 36.7 Å². The van der Waals surface area contributed by atoms with E-state index in [1.807, 2.05) is 18.2 Å².